The Bertz CT molecular complexity index is 1020. The highest BCUT2D eigenvalue weighted by Gasteiger charge is 2.43. The third-order valence-corrected chi connectivity index (χ3v) is 6.93. The first-order valence-electron chi connectivity index (χ1n) is 12.8. The summed E-state index contributed by atoms with van der Waals surface area (Å²) in [6.07, 6.45) is 4.71. The third-order valence-electron chi connectivity index (χ3n) is 6.93. The average Bonchev–Trinajstić information content (AvgIpc) is 3.14. The van der Waals surface area contributed by atoms with Gasteiger partial charge in [-0.1, -0.05) is 46.1 Å². The molecule has 35 heavy (non-hydrogen) atoms. The Balaban J connectivity index is 1.72. The van der Waals surface area contributed by atoms with Crippen LogP contribution in [0.4, 0.5) is 25.8 Å². The summed E-state index contributed by atoms with van der Waals surface area (Å²) in [5.41, 5.74) is 3.73. The molecule has 1 unspecified atom stereocenters. The predicted molar refractivity (Wildman–Crippen MR) is 135 cm³/mol. The van der Waals surface area contributed by atoms with Crippen LogP contribution < -0.4 is 19.7 Å². The van der Waals surface area contributed by atoms with E-state index in [1.54, 1.807) is 12.1 Å². The first-order chi connectivity index (χ1) is 16.8. The van der Waals surface area contributed by atoms with Gasteiger partial charge in [0.15, 0.2) is 11.5 Å². The highest BCUT2D eigenvalue weighted by atomic mass is 19.3. The van der Waals surface area contributed by atoms with Crippen LogP contribution in [0.3, 0.4) is 0 Å². The van der Waals surface area contributed by atoms with Crippen molar-refractivity contribution in [2.24, 2.45) is 5.92 Å². The topological polar surface area (TPSA) is 50.8 Å². The normalized spacial score (nSPS) is 17.9. The number of nitrogens with one attached hydrogen (secondary N) is 1. The Hall–Kier alpha value is -2.83. The van der Waals surface area contributed by atoms with Crippen LogP contribution in [0.5, 0.6) is 11.5 Å². The number of nitrogens with zero attached hydrogens (tertiary/aromatic N) is 1. The van der Waals surface area contributed by atoms with Crippen LogP contribution in [0.1, 0.15) is 77.2 Å². The molecule has 0 spiro atoms. The first-order valence-corrected chi connectivity index (χ1v) is 12.8. The Kier molecular flexibility index (Phi) is 7.82. The molecule has 2 aromatic rings. The summed E-state index contributed by atoms with van der Waals surface area (Å²) in [6, 6.07) is 11.6. The van der Waals surface area contributed by atoms with Crippen LogP contribution in [0, 0.1) is 5.92 Å². The number of rotatable bonds is 10. The predicted octanol–water partition coefficient (Wildman–Crippen LogP) is 7.63. The molecular formula is C28H36F2N2O3. The number of alkyl halides is 2. The van der Waals surface area contributed by atoms with E-state index in [0.29, 0.717) is 24.1 Å². The van der Waals surface area contributed by atoms with Gasteiger partial charge in [-0.25, -0.2) is 0 Å². The molecule has 4 rings (SSSR count). The molecule has 5 nitrogen and oxygen atoms in total. The lowest BCUT2D eigenvalue weighted by Gasteiger charge is -2.38. The minimum absolute atomic E-state index is 0.0106. The fourth-order valence-corrected chi connectivity index (χ4v) is 5.23. The third kappa shape index (κ3) is 6.06. The molecule has 7 heteroatoms. The highest BCUT2D eigenvalue weighted by Crippen LogP contribution is 2.44. The second-order valence-corrected chi connectivity index (χ2v) is 10.1. The summed E-state index contributed by atoms with van der Waals surface area (Å²) >= 11 is 0. The fourth-order valence-electron chi connectivity index (χ4n) is 5.23. The molecular weight excluding hydrogens is 450 g/mol. The van der Waals surface area contributed by atoms with Gasteiger partial charge in [0, 0.05) is 30.8 Å². The summed E-state index contributed by atoms with van der Waals surface area (Å²) in [6.45, 7) is 7.47. The highest BCUT2D eigenvalue weighted by molar-refractivity contribution is 5.77. The number of fused-ring (bicyclic) bond motifs is 1. The van der Waals surface area contributed by atoms with Crippen molar-refractivity contribution in [3.8, 4) is 11.5 Å². The van der Waals surface area contributed by atoms with Crippen LogP contribution in [0.2, 0.25) is 0 Å². The molecule has 0 saturated heterocycles. The molecule has 0 bridgehead atoms. The Labute approximate surface area is 206 Å². The van der Waals surface area contributed by atoms with E-state index >= 15 is 0 Å². The zero-order valence-electron chi connectivity index (χ0n) is 20.9. The van der Waals surface area contributed by atoms with Crippen LogP contribution in [-0.2, 0) is 4.79 Å². The number of halogens is 2. The number of hydrogen-bond acceptors (Lipinski definition) is 5. The van der Waals surface area contributed by atoms with E-state index in [1.165, 1.54) is 25.3 Å². The molecule has 2 aliphatic rings. The molecule has 1 aliphatic carbocycles. The maximum absolute atomic E-state index is 13.5. The molecule has 0 radical (unpaired) electrons. The molecule has 1 atom stereocenters. The van der Waals surface area contributed by atoms with Crippen molar-refractivity contribution >= 4 is 23.3 Å². The van der Waals surface area contributed by atoms with Crippen molar-refractivity contribution in [2.75, 3.05) is 16.8 Å². The van der Waals surface area contributed by atoms with Gasteiger partial charge in [0.25, 0.3) is 0 Å². The summed E-state index contributed by atoms with van der Waals surface area (Å²) in [4.78, 5) is 13.8. The van der Waals surface area contributed by atoms with E-state index in [2.05, 4.69) is 58.7 Å². The monoisotopic (exact) mass is 486 g/mol. The zero-order chi connectivity index (χ0) is 25.0. The van der Waals surface area contributed by atoms with Gasteiger partial charge in [-0.15, -0.1) is 8.78 Å². The van der Waals surface area contributed by atoms with Crippen LogP contribution in [0.25, 0.3) is 0 Å². The Morgan fingerprint density at radius 3 is 2.51 bits per heavy atom. The van der Waals surface area contributed by atoms with E-state index in [-0.39, 0.29) is 17.4 Å². The maximum atomic E-state index is 13.5. The molecule has 0 aromatic heterocycles. The van der Waals surface area contributed by atoms with Gasteiger partial charge in [0.05, 0.1) is 11.4 Å². The number of hydrogen-bond donors (Lipinski definition) is 1. The Morgan fingerprint density at radius 2 is 1.83 bits per heavy atom. The molecule has 0 amide bonds. The summed E-state index contributed by atoms with van der Waals surface area (Å²) in [7, 11) is 0. The number of ether oxygens (including phenoxy) is 2. The molecule has 190 valence electrons. The average molecular weight is 487 g/mol. The fraction of sp³-hybridized carbons (Fsp3) is 0.536. The smallest absolute Gasteiger partial charge is 0.395 e. The van der Waals surface area contributed by atoms with Gasteiger partial charge in [-0.3, -0.25) is 0 Å². The lowest BCUT2D eigenvalue weighted by Crippen LogP contribution is -2.39. The quantitative estimate of drug-likeness (QED) is 0.350. The van der Waals surface area contributed by atoms with Gasteiger partial charge in [-0.05, 0) is 60.9 Å². The summed E-state index contributed by atoms with van der Waals surface area (Å²) in [5.74, 6) is 0.646. The van der Waals surface area contributed by atoms with Gasteiger partial charge in [-0.2, -0.15) is 0 Å². The summed E-state index contributed by atoms with van der Waals surface area (Å²) in [5, 5.41) is 3.47. The van der Waals surface area contributed by atoms with Gasteiger partial charge < -0.3 is 24.5 Å². The second kappa shape index (κ2) is 10.8. The zero-order valence-corrected chi connectivity index (χ0v) is 20.9. The van der Waals surface area contributed by atoms with Gasteiger partial charge in [0.1, 0.15) is 6.29 Å². The van der Waals surface area contributed by atoms with E-state index in [1.807, 2.05) is 0 Å². The molecule has 1 aliphatic heterocycles. The van der Waals surface area contributed by atoms with Crippen molar-refractivity contribution in [3.63, 3.8) is 0 Å². The maximum Gasteiger partial charge on any atom is 0.586 e. The van der Waals surface area contributed by atoms with E-state index in [9.17, 15) is 13.6 Å². The minimum Gasteiger partial charge on any atom is -0.395 e. The van der Waals surface area contributed by atoms with Crippen molar-refractivity contribution in [2.45, 2.75) is 84.0 Å². The first kappa shape index (κ1) is 25.3. The molecule has 1 heterocycles. The minimum atomic E-state index is -3.65. The van der Waals surface area contributed by atoms with Crippen molar-refractivity contribution in [1.82, 2.24) is 0 Å². The summed E-state index contributed by atoms with van der Waals surface area (Å²) < 4.78 is 36.3. The second-order valence-electron chi connectivity index (χ2n) is 10.1. The van der Waals surface area contributed by atoms with Crippen molar-refractivity contribution < 1.29 is 23.0 Å². The van der Waals surface area contributed by atoms with E-state index in [0.717, 1.165) is 49.0 Å². The molecule has 1 N–H and O–H groups in total. The number of benzene rings is 2. The van der Waals surface area contributed by atoms with Crippen LogP contribution >= 0.6 is 0 Å². The number of aldehydes is 1. The van der Waals surface area contributed by atoms with Crippen molar-refractivity contribution in [3.05, 3.63) is 42.0 Å². The van der Waals surface area contributed by atoms with Gasteiger partial charge >= 0.3 is 6.29 Å². The van der Waals surface area contributed by atoms with E-state index in [4.69, 9.17) is 0 Å². The van der Waals surface area contributed by atoms with Crippen LogP contribution in [0.15, 0.2) is 36.4 Å². The SMILES string of the molecule is CCC(CC=O)c1ccc(N(CC(C)C)C2CCCCC2)c(Nc2ccc3c(c2)OC(F)(F)O3)c1. The lowest BCUT2D eigenvalue weighted by atomic mass is 9.91. The lowest BCUT2D eigenvalue weighted by molar-refractivity contribution is -0.286. The Morgan fingerprint density at radius 1 is 1.09 bits per heavy atom. The number of anilines is 3. The van der Waals surface area contributed by atoms with Crippen LogP contribution in [-0.4, -0.2) is 25.2 Å². The standard InChI is InChI=1S/C28H36F2N2O3/c1-4-20(14-15-33)21-10-12-25(32(18-19(2)3)23-8-6-5-7-9-23)24(16-21)31-22-11-13-26-27(17-22)35-28(29,30)34-26/h10-13,15-17,19-20,23,31H,4-9,14,18H2,1-3H3. The largest absolute Gasteiger partial charge is 0.586 e. The molecule has 1 fully saturated rings. The number of carbonyl (C=O) groups is 1. The van der Waals surface area contributed by atoms with Crippen molar-refractivity contribution in [1.29, 1.82) is 0 Å². The van der Waals surface area contributed by atoms with E-state index < -0.39 is 6.29 Å². The molecule has 1 saturated carbocycles. The number of carbonyl (C=O) groups excluding carboxylic acids is 1. The molecule has 2 aromatic carbocycles. The van der Waals surface area contributed by atoms with Gasteiger partial charge in [0.2, 0.25) is 0 Å².